The molecule has 0 spiro atoms. The van der Waals surface area contributed by atoms with Gasteiger partial charge in [-0.05, 0) is 19.4 Å². The minimum atomic E-state index is -0.384. The van der Waals surface area contributed by atoms with Crippen LogP contribution < -0.4 is 0 Å². The van der Waals surface area contributed by atoms with Crippen LogP contribution in [-0.4, -0.2) is 42.6 Å². The van der Waals surface area contributed by atoms with Crippen LogP contribution in [0.15, 0.2) is 30.3 Å². The van der Waals surface area contributed by atoms with E-state index >= 15 is 0 Å². The second-order valence-corrected chi connectivity index (χ2v) is 5.19. The molecule has 0 radical (unpaired) electrons. The molecule has 0 aliphatic carbocycles. The number of esters is 1. The second-order valence-electron chi connectivity index (χ2n) is 5.19. The van der Waals surface area contributed by atoms with Crippen LogP contribution in [0, 0.1) is 5.41 Å². The second kappa shape index (κ2) is 7.22. The number of benzene rings is 1. The fraction of sp³-hybridized carbons (Fsp3) is 0.500. The van der Waals surface area contributed by atoms with Crippen LogP contribution in [0.5, 0.6) is 0 Å². The first-order chi connectivity index (χ1) is 10.1. The summed E-state index contributed by atoms with van der Waals surface area (Å²) in [5, 5.41) is 7.43. The Morgan fingerprint density at radius 2 is 2.05 bits per heavy atom. The van der Waals surface area contributed by atoms with Gasteiger partial charge < -0.3 is 9.47 Å². The maximum absolute atomic E-state index is 11.6. The molecule has 1 unspecified atom stereocenters. The number of nitrogens with one attached hydrogen (secondary N) is 1. The summed E-state index contributed by atoms with van der Waals surface area (Å²) >= 11 is 0. The number of carbonyl (C=O) groups is 1. The van der Waals surface area contributed by atoms with Crippen molar-refractivity contribution < 1.29 is 14.3 Å². The largest absolute Gasteiger partial charge is 0.481 e. The van der Waals surface area contributed by atoms with Crippen LogP contribution in [0.25, 0.3) is 0 Å². The molecule has 1 aliphatic heterocycles. The van der Waals surface area contributed by atoms with E-state index in [1.807, 2.05) is 18.2 Å². The minimum absolute atomic E-state index is 0.0312. The van der Waals surface area contributed by atoms with Gasteiger partial charge in [-0.2, -0.15) is 0 Å². The van der Waals surface area contributed by atoms with Gasteiger partial charge in [0.2, 0.25) is 0 Å². The van der Waals surface area contributed by atoms with E-state index in [1.165, 1.54) is 5.56 Å². The molecule has 1 fully saturated rings. The van der Waals surface area contributed by atoms with Crippen LogP contribution >= 0.6 is 0 Å². The smallest absolute Gasteiger partial charge is 0.315 e. The van der Waals surface area contributed by atoms with Gasteiger partial charge in [-0.25, -0.2) is 0 Å². The lowest BCUT2D eigenvalue weighted by molar-refractivity contribution is -0.157. The zero-order valence-corrected chi connectivity index (χ0v) is 12.5. The van der Waals surface area contributed by atoms with E-state index in [2.05, 4.69) is 24.0 Å². The van der Waals surface area contributed by atoms with Gasteiger partial charge in [0.1, 0.15) is 12.5 Å². The molecular weight excluding hydrogens is 268 g/mol. The van der Waals surface area contributed by atoms with Crippen molar-refractivity contribution in [3.8, 4) is 0 Å². The number of nitrogens with zero attached hydrogens (tertiary/aromatic N) is 1. The van der Waals surface area contributed by atoms with E-state index < -0.39 is 0 Å². The van der Waals surface area contributed by atoms with Gasteiger partial charge in [0.15, 0.2) is 5.90 Å². The molecule has 0 amide bonds. The third-order valence-electron chi connectivity index (χ3n) is 3.63. The molecule has 2 rings (SSSR count). The summed E-state index contributed by atoms with van der Waals surface area (Å²) < 4.78 is 10.3. The number of hydrogen-bond acceptors (Lipinski definition) is 5. The maximum Gasteiger partial charge on any atom is 0.315 e. The lowest BCUT2D eigenvalue weighted by Gasteiger charge is -2.42. The Bertz CT molecular complexity index is 484. The quantitative estimate of drug-likeness (QED) is 0.496. The molecular formula is C16H22N2O3. The van der Waals surface area contributed by atoms with Crippen LogP contribution in [0.4, 0.5) is 0 Å². The lowest BCUT2D eigenvalue weighted by Crippen LogP contribution is -2.53. The predicted octanol–water partition coefficient (Wildman–Crippen LogP) is 2.38. The van der Waals surface area contributed by atoms with Gasteiger partial charge in [-0.1, -0.05) is 30.3 Å². The van der Waals surface area contributed by atoms with Crippen molar-refractivity contribution in [1.29, 1.82) is 5.41 Å². The van der Waals surface area contributed by atoms with Crippen LogP contribution in [-0.2, 0) is 14.3 Å². The first-order valence-electron chi connectivity index (χ1n) is 7.28. The number of likely N-dealkylation sites (tertiary alicyclic amines) is 1. The highest BCUT2D eigenvalue weighted by Gasteiger charge is 2.33. The highest BCUT2D eigenvalue weighted by Crippen LogP contribution is 2.26. The first kappa shape index (κ1) is 15.5. The van der Waals surface area contributed by atoms with Crippen molar-refractivity contribution in [2.75, 3.05) is 19.7 Å². The topological polar surface area (TPSA) is 62.6 Å². The van der Waals surface area contributed by atoms with Crippen molar-refractivity contribution in [1.82, 2.24) is 4.90 Å². The van der Waals surface area contributed by atoms with Gasteiger partial charge in [-0.15, -0.1) is 0 Å². The highest BCUT2D eigenvalue weighted by molar-refractivity contribution is 5.92. The Labute approximate surface area is 125 Å². The monoisotopic (exact) mass is 290 g/mol. The van der Waals surface area contributed by atoms with Crippen LogP contribution in [0.2, 0.25) is 0 Å². The van der Waals surface area contributed by atoms with E-state index in [1.54, 1.807) is 6.92 Å². The van der Waals surface area contributed by atoms with E-state index in [0.29, 0.717) is 12.6 Å². The molecule has 5 heteroatoms. The van der Waals surface area contributed by atoms with E-state index in [9.17, 15) is 4.79 Å². The number of rotatable bonds is 6. The molecule has 1 heterocycles. The normalized spacial score (nSPS) is 16.9. The lowest BCUT2D eigenvalue weighted by atomic mass is 10.0. The van der Waals surface area contributed by atoms with Crippen molar-refractivity contribution in [3.63, 3.8) is 0 Å². The van der Waals surface area contributed by atoms with Crippen LogP contribution in [0.3, 0.4) is 0 Å². The summed E-state index contributed by atoms with van der Waals surface area (Å²) in [4.78, 5) is 13.9. The fourth-order valence-corrected chi connectivity index (χ4v) is 2.39. The highest BCUT2D eigenvalue weighted by atomic mass is 16.6. The molecule has 114 valence electrons. The van der Waals surface area contributed by atoms with E-state index in [0.717, 1.165) is 13.1 Å². The minimum Gasteiger partial charge on any atom is -0.481 e. The number of carbonyl (C=O) groups excluding carboxylic acids is 1. The summed E-state index contributed by atoms with van der Waals surface area (Å²) in [7, 11) is 0. The Kier molecular flexibility index (Phi) is 5.33. The summed E-state index contributed by atoms with van der Waals surface area (Å²) in [6, 6.07) is 10.6. The van der Waals surface area contributed by atoms with E-state index in [-0.39, 0.29) is 24.4 Å². The molecule has 1 aromatic carbocycles. The molecule has 5 nitrogen and oxygen atoms in total. The average molecular weight is 290 g/mol. The molecule has 1 N–H and O–H groups in total. The third-order valence-corrected chi connectivity index (χ3v) is 3.63. The zero-order valence-electron chi connectivity index (χ0n) is 12.5. The van der Waals surface area contributed by atoms with Crippen molar-refractivity contribution in [3.05, 3.63) is 35.9 Å². The average Bonchev–Trinajstić information content (AvgIpc) is 2.43. The van der Waals surface area contributed by atoms with Crippen molar-refractivity contribution >= 4 is 11.9 Å². The van der Waals surface area contributed by atoms with Crippen LogP contribution in [0.1, 0.15) is 31.9 Å². The molecule has 1 atom stereocenters. The standard InChI is InChI=1S/C16H22N2O3/c1-3-20-15(17)9-16(19)21-14-10-18(11-14)12(2)13-7-5-4-6-8-13/h4-8,12,14,17H,3,9-11H2,1-2H3. The Morgan fingerprint density at radius 1 is 1.38 bits per heavy atom. The molecule has 1 saturated heterocycles. The SMILES string of the molecule is CCOC(=N)CC(=O)OC1CN(C(C)c2ccccc2)C1. The van der Waals surface area contributed by atoms with Crippen molar-refractivity contribution in [2.24, 2.45) is 0 Å². The third kappa shape index (κ3) is 4.29. The Hall–Kier alpha value is -1.88. The van der Waals surface area contributed by atoms with E-state index in [4.69, 9.17) is 14.9 Å². The molecule has 0 bridgehead atoms. The molecule has 1 aromatic rings. The summed E-state index contributed by atoms with van der Waals surface area (Å²) in [5.74, 6) is -0.415. The number of ether oxygens (including phenoxy) is 2. The Balaban J connectivity index is 1.72. The summed E-state index contributed by atoms with van der Waals surface area (Å²) in [5.41, 5.74) is 1.26. The number of hydrogen-bond donors (Lipinski definition) is 1. The molecule has 1 aliphatic rings. The van der Waals surface area contributed by atoms with Gasteiger partial charge >= 0.3 is 5.97 Å². The van der Waals surface area contributed by atoms with Gasteiger partial charge in [0, 0.05) is 19.1 Å². The maximum atomic E-state index is 11.6. The Morgan fingerprint density at radius 3 is 2.67 bits per heavy atom. The molecule has 0 aromatic heterocycles. The predicted molar refractivity (Wildman–Crippen MR) is 80.3 cm³/mol. The fourth-order valence-electron chi connectivity index (χ4n) is 2.39. The summed E-state index contributed by atoms with van der Waals surface area (Å²) in [6.07, 6.45) is -0.156. The summed E-state index contributed by atoms with van der Waals surface area (Å²) in [6.45, 7) is 5.82. The van der Waals surface area contributed by atoms with Gasteiger partial charge in [-0.3, -0.25) is 15.1 Å². The van der Waals surface area contributed by atoms with Gasteiger partial charge in [0.25, 0.3) is 0 Å². The first-order valence-corrected chi connectivity index (χ1v) is 7.28. The zero-order chi connectivity index (χ0) is 15.2. The van der Waals surface area contributed by atoms with Crippen molar-refractivity contribution in [2.45, 2.75) is 32.4 Å². The van der Waals surface area contributed by atoms with Gasteiger partial charge in [0.05, 0.1) is 6.61 Å². The molecule has 0 saturated carbocycles. The molecule has 21 heavy (non-hydrogen) atoms.